The van der Waals surface area contributed by atoms with E-state index in [0.717, 1.165) is 6.42 Å². The van der Waals surface area contributed by atoms with Gasteiger partial charge in [0.25, 0.3) is 0 Å². The second-order valence-electron chi connectivity index (χ2n) is 1.55. The summed E-state index contributed by atoms with van der Waals surface area (Å²) in [5.74, 6) is 0.245. The third-order valence-electron chi connectivity index (χ3n) is 1.06. The summed E-state index contributed by atoms with van der Waals surface area (Å²) < 4.78 is 0. The van der Waals surface area contributed by atoms with Crippen molar-refractivity contribution in [3.63, 3.8) is 0 Å². The number of rotatable bonds is 0. The van der Waals surface area contributed by atoms with Gasteiger partial charge in [-0.3, -0.25) is 4.79 Å². The quantitative estimate of drug-likeness (QED) is 0.404. The molecular weight excluding hydrogens is 80.0 g/mol. The second-order valence-corrected chi connectivity index (χ2v) is 1.55. The SMILES string of the molecule is OC1CCC1=[OH+]. The third kappa shape index (κ3) is 0.337. The fourth-order valence-corrected chi connectivity index (χ4v) is 0.403. The molecule has 0 spiro atoms. The molecule has 1 fully saturated rings. The number of hydrogen-bond acceptors (Lipinski definition) is 1. The van der Waals surface area contributed by atoms with Crippen LogP contribution in [-0.2, 0) is 0 Å². The van der Waals surface area contributed by atoms with E-state index in [4.69, 9.17) is 9.90 Å². The van der Waals surface area contributed by atoms with Crippen molar-refractivity contribution in [2.24, 2.45) is 0 Å². The highest BCUT2D eigenvalue weighted by Gasteiger charge is 2.31. The lowest BCUT2D eigenvalue weighted by molar-refractivity contribution is 0.190. The van der Waals surface area contributed by atoms with Gasteiger partial charge in [0.05, 0.1) is 6.42 Å². The van der Waals surface area contributed by atoms with Gasteiger partial charge in [0.1, 0.15) is 0 Å². The number of aliphatic hydroxyl groups excluding tert-OH is 1. The van der Waals surface area contributed by atoms with Crippen molar-refractivity contribution in [1.29, 1.82) is 0 Å². The minimum Gasteiger partial charge on any atom is -0.380 e. The van der Waals surface area contributed by atoms with Crippen LogP contribution in [0, 0.1) is 0 Å². The molecule has 0 aliphatic heterocycles. The van der Waals surface area contributed by atoms with E-state index in [1.807, 2.05) is 0 Å². The Bertz CT molecular complexity index is 77.6. The van der Waals surface area contributed by atoms with Crippen molar-refractivity contribution in [2.45, 2.75) is 18.9 Å². The highest BCUT2D eigenvalue weighted by molar-refractivity contribution is 5.89. The van der Waals surface area contributed by atoms with Gasteiger partial charge in [0.2, 0.25) is 0 Å². The van der Waals surface area contributed by atoms with E-state index in [-0.39, 0.29) is 5.78 Å². The van der Waals surface area contributed by atoms with E-state index in [1.165, 1.54) is 0 Å². The Morgan fingerprint density at radius 3 is 2.33 bits per heavy atom. The molecule has 2 nitrogen and oxygen atoms in total. The van der Waals surface area contributed by atoms with E-state index in [1.54, 1.807) is 0 Å². The first-order valence-corrected chi connectivity index (χ1v) is 2.03. The van der Waals surface area contributed by atoms with Gasteiger partial charge in [-0.1, -0.05) is 0 Å². The smallest absolute Gasteiger partial charge is 0.321 e. The molecule has 1 unspecified atom stereocenters. The van der Waals surface area contributed by atoms with E-state index in [0.29, 0.717) is 6.42 Å². The molecular formula is C4H7O2+. The van der Waals surface area contributed by atoms with Crippen LogP contribution in [0.25, 0.3) is 0 Å². The molecule has 1 rings (SSSR count). The molecule has 1 aliphatic rings. The van der Waals surface area contributed by atoms with Crippen LogP contribution in [0.5, 0.6) is 0 Å². The maximum Gasteiger partial charge on any atom is 0.321 e. The predicted molar refractivity (Wildman–Crippen MR) is 22.2 cm³/mol. The molecule has 0 bridgehead atoms. The van der Waals surface area contributed by atoms with Gasteiger partial charge in [-0.2, -0.15) is 0 Å². The topological polar surface area (TPSA) is 41.6 Å². The molecule has 6 heavy (non-hydrogen) atoms. The number of aliphatic hydroxyl groups is 1. The fourth-order valence-electron chi connectivity index (χ4n) is 0.403. The van der Waals surface area contributed by atoms with Crippen LogP contribution in [-0.4, -0.2) is 21.8 Å². The molecule has 2 N–H and O–H groups in total. The maximum absolute atomic E-state index is 8.43. The van der Waals surface area contributed by atoms with Gasteiger partial charge in [-0.25, -0.2) is 0 Å². The Morgan fingerprint density at radius 1 is 1.83 bits per heavy atom. The standard InChI is InChI=1S/C4H6O2/c5-3-1-2-4(3)6/h3,5H,1-2H2/p+1. The monoisotopic (exact) mass is 87.0 g/mol. The van der Waals surface area contributed by atoms with Gasteiger partial charge in [-0.15, -0.1) is 0 Å². The van der Waals surface area contributed by atoms with E-state index < -0.39 is 6.10 Å². The van der Waals surface area contributed by atoms with Crippen LogP contribution in [0.15, 0.2) is 0 Å². The first-order valence-electron chi connectivity index (χ1n) is 2.03. The van der Waals surface area contributed by atoms with Crippen molar-refractivity contribution < 1.29 is 9.90 Å². The van der Waals surface area contributed by atoms with E-state index in [2.05, 4.69) is 0 Å². The first kappa shape index (κ1) is 3.81. The van der Waals surface area contributed by atoms with Gasteiger partial charge in [0, 0.05) is 0 Å². The Labute approximate surface area is 35.8 Å². The summed E-state index contributed by atoms with van der Waals surface area (Å²) in [5, 5.41) is 8.43. The Morgan fingerprint density at radius 2 is 2.33 bits per heavy atom. The van der Waals surface area contributed by atoms with Gasteiger partial charge >= 0.3 is 5.78 Å². The van der Waals surface area contributed by atoms with Gasteiger partial charge in [0.15, 0.2) is 6.10 Å². The van der Waals surface area contributed by atoms with E-state index in [9.17, 15) is 0 Å². The average Bonchev–Trinajstić information content (AvgIpc) is 1.61. The lowest BCUT2D eigenvalue weighted by Gasteiger charge is -2.09. The summed E-state index contributed by atoms with van der Waals surface area (Å²) in [6.07, 6.45) is 0.942. The molecule has 0 radical (unpaired) electrons. The molecule has 34 valence electrons. The molecule has 1 saturated carbocycles. The zero-order valence-electron chi connectivity index (χ0n) is 3.39. The Balaban J connectivity index is 2.39. The molecule has 0 aromatic carbocycles. The number of carbonyl (C=O) groups excluding carboxylic acids is 1. The Kier molecular flexibility index (Phi) is 0.665. The van der Waals surface area contributed by atoms with Gasteiger partial charge in [-0.05, 0) is 6.42 Å². The van der Waals surface area contributed by atoms with Crippen LogP contribution in [0.3, 0.4) is 0 Å². The normalized spacial score (nSPS) is 32.8. The summed E-state index contributed by atoms with van der Waals surface area (Å²) in [6, 6.07) is 0. The molecule has 0 saturated heterocycles. The molecule has 2 heteroatoms. The number of hydrogen-bond donors (Lipinski definition) is 1. The minimum absolute atomic E-state index is 0.245. The van der Waals surface area contributed by atoms with Gasteiger partial charge < -0.3 is 5.11 Å². The summed E-state index contributed by atoms with van der Waals surface area (Å²) >= 11 is 0. The molecule has 0 aromatic rings. The lowest BCUT2D eigenvalue weighted by atomic mass is 9.95. The van der Waals surface area contributed by atoms with Crippen molar-refractivity contribution in [2.75, 3.05) is 0 Å². The molecule has 1 aliphatic carbocycles. The first-order chi connectivity index (χ1) is 2.80. The molecule has 0 aromatic heterocycles. The lowest BCUT2D eigenvalue weighted by Crippen LogP contribution is -2.30. The molecule has 1 atom stereocenters. The van der Waals surface area contributed by atoms with Crippen LogP contribution in [0.4, 0.5) is 0 Å². The van der Waals surface area contributed by atoms with Crippen LogP contribution in [0.1, 0.15) is 12.8 Å². The summed E-state index contributed by atoms with van der Waals surface area (Å²) in [4.78, 5) is 8.38. The zero-order chi connectivity index (χ0) is 4.57. The van der Waals surface area contributed by atoms with Crippen molar-refractivity contribution in [3.05, 3.63) is 0 Å². The largest absolute Gasteiger partial charge is 0.380 e. The van der Waals surface area contributed by atoms with Crippen LogP contribution < -0.4 is 0 Å². The third-order valence-corrected chi connectivity index (χ3v) is 1.06. The molecule has 0 amide bonds. The molecule has 0 heterocycles. The summed E-state index contributed by atoms with van der Waals surface area (Å²) in [6.45, 7) is 0. The zero-order valence-corrected chi connectivity index (χ0v) is 3.39. The van der Waals surface area contributed by atoms with Crippen molar-refractivity contribution in [3.8, 4) is 0 Å². The highest BCUT2D eigenvalue weighted by Crippen LogP contribution is 2.11. The number of ketones is 1. The summed E-state index contributed by atoms with van der Waals surface area (Å²) in [7, 11) is 0. The summed E-state index contributed by atoms with van der Waals surface area (Å²) in [5.41, 5.74) is 0. The minimum atomic E-state index is -0.495. The second kappa shape index (κ2) is 1.05. The average molecular weight is 87.1 g/mol. The fraction of sp³-hybridized carbons (Fsp3) is 0.750. The van der Waals surface area contributed by atoms with Crippen LogP contribution >= 0.6 is 0 Å². The maximum atomic E-state index is 8.43. The van der Waals surface area contributed by atoms with E-state index >= 15 is 0 Å². The Hall–Kier alpha value is -0.370. The highest BCUT2D eigenvalue weighted by atomic mass is 16.3. The predicted octanol–water partition coefficient (Wildman–Crippen LogP) is -0.314. The van der Waals surface area contributed by atoms with Crippen molar-refractivity contribution >= 4 is 5.78 Å². The van der Waals surface area contributed by atoms with Crippen LogP contribution in [0.2, 0.25) is 0 Å². The van der Waals surface area contributed by atoms with Crippen molar-refractivity contribution in [1.82, 2.24) is 0 Å².